The van der Waals surface area contributed by atoms with Gasteiger partial charge in [-0.15, -0.1) is 10.2 Å². The highest BCUT2D eigenvalue weighted by molar-refractivity contribution is 7.86. The minimum absolute atomic E-state index is 0.0560. The fourth-order valence-corrected chi connectivity index (χ4v) is 4.25. The van der Waals surface area contributed by atoms with E-state index in [4.69, 9.17) is 0 Å². The molecule has 0 aliphatic carbocycles. The number of hydrogen-bond acceptors (Lipinski definition) is 11. The Morgan fingerprint density at radius 2 is 1.57 bits per heavy atom. The molecule has 17 heteroatoms. The lowest BCUT2D eigenvalue weighted by molar-refractivity contribution is -0.385. The average molecular weight is 526 g/mol. The van der Waals surface area contributed by atoms with Crippen molar-refractivity contribution in [2.75, 3.05) is 5.32 Å². The third kappa shape index (κ3) is 5.32. The molecule has 15 nitrogen and oxygen atoms in total. The van der Waals surface area contributed by atoms with Crippen LogP contribution in [-0.2, 0) is 25.0 Å². The van der Waals surface area contributed by atoms with Crippen LogP contribution in [0, 0.1) is 10.1 Å². The Kier molecular flexibility index (Phi) is 6.45. The average Bonchev–Trinajstić information content (AvgIpc) is 2.72. The summed E-state index contributed by atoms with van der Waals surface area (Å²) in [6.07, 6.45) is 0. The van der Waals surface area contributed by atoms with Crippen molar-refractivity contribution >= 4 is 59.7 Å². The molecule has 0 radical (unpaired) electrons. The summed E-state index contributed by atoms with van der Waals surface area (Å²) in [6.45, 7) is 1.22. The van der Waals surface area contributed by atoms with Crippen LogP contribution in [0.1, 0.15) is 6.92 Å². The predicted octanol–water partition coefficient (Wildman–Crippen LogP) is 3.03. The quantitative estimate of drug-likeness (QED) is 0.135. The number of anilines is 1. The molecule has 1 amide bonds. The minimum Gasteiger partial charge on any atom is -0.505 e. The largest absolute Gasteiger partial charge is 0.505 e. The molecular weight excluding hydrogens is 512 g/mol. The fourth-order valence-electron chi connectivity index (χ4n) is 2.98. The van der Waals surface area contributed by atoms with Crippen molar-refractivity contribution in [3.05, 3.63) is 46.5 Å². The molecule has 0 aliphatic rings. The molecule has 0 heterocycles. The minimum atomic E-state index is -5.15. The second-order valence-electron chi connectivity index (χ2n) is 6.91. The Morgan fingerprint density at radius 3 is 2.11 bits per heavy atom. The molecule has 0 bridgehead atoms. The van der Waals surface area contributed by atoms with Gasteiger partial charge in [-0.2, -0.15) is 16.8 Å². The molecule has 35 heavy (non-hydrogen) atoms. The van der Waals surface area contributed by atoms with Crippen LogP contribution in [0.5, 0.6) is 11.5 Å². The summed E-state index contributed by atoms with van der Waals surface area (Å²) < 4.78 is 65.6. The number of aromatic hydroxyl groups is 2. The fraction of sp³-hybridized carbons (Fsp3) is 0.0556. The molecule has 3 aromatic carbocycles. The number of phenolic OH excluding ortho intramolecular Hbond substituents is 2. The van der Waals surface area contributed by atoms with Gasteiger partial charge in [0.1, 0.15) is 21.2 Å². The van der Waals surface area contributed by atoms with Crippen molar-refractivity contribution in [3.63, 3.8) is 0 Å². The van der Waals surface area contributed by atoms with Gasteiger partial charge in [0.05, 0.1) is 4.92 Å². The number of hydrogen-bond donors (Lipinski definition) is 5. The Balaban J connectivity index is 2.31. The number of amides is 1. The topological polar surface area (TPSA) is 246 Å². The molecular formula is C18H14N4O11S2. The first-order chi connectivity index (χ1) is 16.1. The van der Waals surface area contributed by atoms with Crippen LogP contribution in [-0.4, -0.2) is 47.0 Å². The van der Waals surface area contributed by atoms with Gasteiger partial charge < -0.3 is 15.5 Å². The van der Waals surface area contributed by atoms with Gasteiger partial charge in [-0.3, -0.25) is 24.0 Å². The van der Waals surface area contributed by atoms with Gasteiger partial charge >= 0.3 is 0 Å². The van der Waals surface area contributed by atoms with Crippen molar-refractivity contribution in [1.29, 1.82) is 0 Å². The number of nitrogens with one attached hydrogen (secondary N) is 1. The molecule has 184 valence electrons. The van der Waals surface area contributed by atoms with Crippen LogP contribution in [0.3, 0.4) is 0 Å². The number of nitro groups is 1. The number of nitro benzene ring substituents is 1. The van der Waals surface area contributed by atoms with Crippen molar-refractivity contribution in [3.8, 4) is 11.5 Å². The summed E-state index contributed by atoms with van der Waals surface area (Å²) in [5, 5.41) is 41.2. The molecule has 0 fully saturated rings. The first-order valence-electron chi connectivity index (χ1n) is 9.05. The van der Waals surface area contributed by atoms with Crippen molar-refractivity contribution < 1.29 is 45.9 Å². The van der Waals surface area contributed by atoms with E-state index in [-0.39, 0.29) is 16.5 Å². The lowest BCUT2D eigenvalue weighted by atomic mass is 10.1. The monoisotopic (exact) mass is 526 g/mol. The van der Waals surface area contributed by atoms with E-state index in [1.165, 1.54) is 25.1 Å². The molecule has 0 saturated heterocycles. The Bertz CT molecular complexity index is 1650. The van der Waals surface area contributed by atoms with Gasteiger partial charge in [0.15, 0.2) is 11.5 Å². The summed E-state index contributed by atoms with van der Waals surface area (Å²) in [4.78, 5) is 19.1. The zero-order chi connectivity index (χ0) is 26.3. The Labute approximate surface area is 196 Å². The molecule has 0 aliphatic heterocycles. The maximum Gasteiger partial charge on any atom is 0.298 e. The Hall–Kier alpha value is -4.19. The van der Waals surface area contributed by atoms with Crippen LogP contribution in [0.25, 0.3) is 10.8 Å². The summed E-state index contributed by atoms with van der Waals surface area (Å²) in [6, 6.07) is 5.78. The Morgan fingerprint density at radius 1 is 0.943 bits per heavy atom. The second kappa shape index (κ2) is 8.87. The van der Waals surface area contributed by atoms with Crippen molar-refractivity contribution in [1.82, 2.24) is 0 Å². The van der Waals surface area contributed by atoms with E-state index in [0.717, 1.165) is 6.07 Å². The smallest absolute Gasteiger partial charge is 0.298 e. The van der Waals surface area contributed by atoms with E-state index < -0.39 is 69.4 Å². The molecule has 0 atom stereocenters. The number of phenols is 2. The lowest BCUT2D eigenvalue weighted by Gasteiger charge is -2.11. The highest BCUT2D eigenvalue weighted by atomic mass is 32.2. The van der Waals surface area contributed by atoms with E-state index in [0.29, 0.717) is 12.1 Å². The van der Waals surface area contributed by atoms with Crippen LogP contribution in [0.2, 0.25) is 0 Å². The van der Waals surface area contributed by atoms with Gasteiger partial charge in [0, 0.05) is 30.1 Å². The highest BCUT2D eigenvalue weighted by Crippen LogP contribution is 2.44. The van der Waals surface area contributed by atoms with E-state index in [1.54, 1.807) is 0 Å². The van der Waals surface area contributed by atoms with Crippen LogP contribution >= 0.6 is 0 Å². The van der Waals surface area contributed by atoms with Gasteiger partial charge in [0.25, 0.3) is 25.9 Å². The number of non-ortho nitro benzene ring substituents is 1. The first kappa shape index (κ1) is 25.4. The molecule has 0 saturated carbocycles. The highest BCUT2D eigenvalue weighted by Gasteiger charge is 2.26. The number of nitrogens with zero attached hydrogens (tertiary/aromatic N) is 3. The molecule has 5 N–H and O–H groups in total. The SMILES string of the molecule is CC(=O)Nc1ccc2cc(S(=O)(=O)O)c(N=Nc3cc([N+](=O)[O-])cc(S(=O)(=O)O)c3O)c(O)c2c1. The number of rotatable bonds is 6. The number of carbonyl (C=O) groups is 1. The van der Waals surface area contributed by atoms with Crippen LogP contribution < -0.4 is 5.32 Å². The molecule has 0 spiro atoms. The van der Waals surface area contributed by atoms with E-state index in [9.17, 15) is 51.1 Å². The third-order valence-electron chi connectivity index (χ3n) is 4.44. The van der Waals surface area contributed by atoms with Gasteiger partial charge in [-0.05, 0) is 23.6 Å². The number of benzene rings is 3. The predicted molar refractivity (Wildman–Crippen MR) is 118 cm³/mol. The van der Waals surface area contributed by atoms with Gasteiger partial charge in [-0.1, -0.05) is 6.07 Å². The van der Waals surface area contributed by atoms with Crippen molar-refractivity contribution in [2.45, 2.75) is 16.7 Å². The number of fused-ring (bicyclic) bond motifs is 1. The normalized spacial score (nSPS) is 12.2. The zero-order valence-electron chi connectivity index (χ0n) is 17.3. The van der Waals surface area contributed by atoms with Crippen LogP contribution in [0.4, 0.5) is 22.7 Å². The summed E-state index contributed by atoms with van der Waals surface area (Å²) >= 11 is 0. The van der Waals surface area contributed by atoms with E-state index in [1.807, 2.05) is 0 Å². The second-order valence-corrected chi connectivity index (χ2v) is 9.69. The molecule has 0 aromatic heterocycles. The lowest BCUT2D eigenvalue weighted by Crippen LogP contribution is -2.05. The van der Waals surface area contributed by atoms with Crippen LogP contribution in [0.15, 0.2) is 56.4 Å². The van der Waals surface area contributed by atoms with E-state index in [2.05, 4.69) is 15.5 Å². The summed E-state index contributed by atoms with van der Waals surface area (Å²) in [5.41, 5.74) is -2.49. The van der Waals surface area contributed by atoms with Crippen molar-refractivity contribution in [2.24, 2.45) is 10.2 Å². The van der Waals surface area contributed by atoms with Gasteiger partial charge in [0.2, 0.25) is 5.91 Å². The standard InChI is InChI=1S/C18H14N4O11S2/c1-8(23)19-10-3-2-9-4-14(34(28,29)30)16(17(24)12(9)5-10)21-20-13-6-11(22(26)27)7-15(18(13)25)35(31,32)33/h2-7,24-25H,1H3,(H,19,23)(H,28,29,30)(H,31,32,33). The van der Waals surface area contributed by atoms with E-state index >= 15 is 0 Å². The maximum absolute atomic E-state index is 11.9. The summed E-state index contributed by atoms with van der Waals surface area (Å²) in [7, 11) is -10.2. The number of azo groups is 1. The first-order valence-corrected chi connectivity index (χ1v) is 11.9. The molecule has 3 aromatic rings. The number of carbonyl (C=O) groups excluding carboxylic acids is 1. The third-order valence-corrected chi connectivity index (χ3v) is 6.17. The maximum atomic E-state index is 11.9. The molecule has 3 rings (SSSR count). The van der Waals surface area contributed by atoms with Gasteiger partial charge in [-0.25, -0.2) is 0 Å². The molecule has 0 unspecified atom stereocenters. The summed E-state index contributed by atoms with van der Waals surface area (Å²) in [5.74, 6) is -2.57. The zero-order valence-corrected chi connectivity index (χ0v) is 18.9.